The summed E-state index contributed by atoms with van der Waals surface area (Å²) in [7, 11) is 1.95. The van der Waals surface area contributed by atoms with Crippen molar-refractivity contribution >= 4 is 5.91 Å². The topological polar surface area (TPSA) is 117 Å². The molecule has 24 heavy (non-hydrogen) atoms. The van der Waals surface area contributed by atoms with Gasteiger partial charge in [0.2, 0.25) is 5.91 Å². The van der Waals surface area contributed by atoms with Gasteiger partial charge in [-0.15, -0.1) is 0 Å². The molecule has 1 heterocycles. The van der Waals surface area contributed by atoms with Crippen LogP contribution in [-0.4, -0.2) is 44.8 Å². The van der Waals surface area contributed by atoms with Crippen LogP contribution in [-0.2, 0) is 4.79 Å². The first-order valence-electron chi connectivity index (χ1n) is 8.70. The van der Waals surface area contributed by atoms with Crippen molar-refractivity contribution < 1.29 is 4.79 Å². The number of carbonyl (C=O) groups is 1. The Labute approximate surface area is 145 Å². The lowest BCUT2D eigenvalue weighted by Gasteiger charge is -2.29. The van der Waals surface area contributed by atoms with E-state index in [1.54, 1.807) is 0 Å². The Morgan fingerprint density at radius 3 is 2.62 bits per heavy atom. The molecule has 7 heteroatoms. The number of hydrogen-bond donors (Lipinski definition) is 6. The Kier molecular flexibility index (Phi) is 8.99. The molecule has 3 atom stereocenters. The minimum atomic E-state index is -0.718. The fourth-order valence-corrected chi connectivity index (χ4v) is 2.82. The minimum absolute atomic E-state index is 0.107. The van der Waals surface area contributed by atoms with Gasteiger partial charge in [-0.05, 0) is 57.8 Å². The third kappa shape index (κ3) is 6.24. The van der Waals surface area contributed by atoms with Gasteiger partial charge < -0.3 is 32.7 Å². The summed E-state index contributed by atoms with van der Waals surface area (Å²) in [5, 5.41) is 12.7. The number of hydrogen-bond acceptors (Lipinski definition) is 6. The van der Waals surface area contributed by atoms with Crippen molar-refractivity contribution in [2.45, 2.75) is 39.4 Å². The standard InChI is InChI=1S/C17H34N6O/c1-5-13(8-20-4)9-22-12(3)15(16(18)19)17(24)23-14-10-21-7-6-11(14)2/h6-7,12-13,15-16,20-22H,5,8-10,18-19H2,1-4H3,(H,23,24). The molecule has 0 aromatic rings. The van der Waals surface area contributed by atoms with Crippen LogP contribution in [0, 0.1) is 11.8 Å². The van der Waals surface area contributed by atoms with Crippen LogP contribution in [0.5, 0.6) is 0 Å². The molecule has 0 bridgehead atoms. The van der Waals surface area contributed by atoms with E-state index >= 15 is 0 Å². The largest absolute Gasteiger partial charge is 0.385 e. The summed E-state index contributed by atoms with van der Waals surface area (Å²) in [4.78, 5) is 12.7. The lowest BCUT2D eigenvalue weighted by atomic mass is 9.95. The molecule has 1 amide bonds. The Balaban J connectivity index is 2.67. The van der Waals surface area contributed by atoms with Crippen LogP contribution in [0.3, 0.4) is 0 Å². The van der Waals surface area contributed by atoms with Crippen LogP contribution in [0.4, 0.5) is 0 Å². The first kappa shape index (κ1) is 20.6. The Bertz CT molecular complexity index is 460. The van der Waals surface area contributed by atoms with Crippen LogP contribution < -0.4 is 32.7 Å². The van der Waals surface area contributed by atoms with Crippen LogP contribution in [0.25, 0.3) is 0 Å². The summed E-state index contributed by atoms with van der Waals surface area (Å²) in [6.07, 6.45) is 4.15. The van der Waals surface area contributed by atoms with Gasteiger partial charge in [0, 0.05) is 11.7 Å². The van der Waals surface area contributed by atoms with Gasteiger partial charge in [-0.25, -0.2) is 0 Å². The maximum Gasteiger partial charge on any atom is 0.231 e. The molecular formula is C17H34N6O. The average Bonchev–Trinajstić information content (AvgIpc) is 2.53. The molecule has 1 rings (SSSR count). The second-order valence-electron chi connectivity index (χ2n) is 6.50. The van der Waals surface area contributed by atoms with Gasteiger partial charge >= 0.3 is 0 Å². The van der Waals surface area contributed by atoms with E-state index in [0.717, 1.165) is 30.8 Å². The van der Waals surface area contributed by atoms with Crippen molar-refractivity contribution in [3.63, 3.8) is 0 Å². The van der Waals surface area contributed by atoms with E-state index in [0.29, 0.717) is 12.5 Å². The molecule has 1 aliphatic rings. The van der Waals surface area contributed by atoms with E-state index in [9.17, 15) is 4.79 Å². The van der Waals surface area contributed by atoms with Crippen molar-refractivity contribution in [1.82, 2.24) is 21.3 Å². The number of dihydropyridines is 1. The monoisotopic (exact) mass is 338 g/mol. The maximum atomic E-state index is 12.7. The molecule has 0 spiro atoms. The fraction of sp³-hybridized carbons (Fsp3) is 0.706. The van der Waals surface area contributed by atoms with E-state index in [4.69, 9.17) is 11.5 Å². The molecule has 0 aromatic carbocycles. The van der Waals surface area contributed by atoms with Gasteiger partial charge in [-0.2, -0.15) is 0 Å². The van der Waals surface area contributed by atoms with Crippen molar-refractivity contribution in [1.29, 1.82) is 0 Å². The lowest BCUT2D eigenvalue weighted by Crippen LogP contribution is -2.56. The molecule has 3 unspecified atom stereocenters. The van der Waals surface area contributed by atoms with Gasteiger partial charge in [-0.1, -0.05) is 13.3 Å². The highest BCUT2D eigenvalue weighted by Crippen LogP contribution is 2.11. The third-order valence-corrected chi connectivity index (χ3v) is 4.53. The summed E-state index contributed by atoms with van der Waals surface area (Å²) in [5.74, 6) is -0.130. The highest BCUT2D eigenvalue weighted by Gasteiger charge is 2.30. The normalized spacial score (nSPS) is 18.3. The highest BCUT2D eigenvalue weighted by molar-refractivity contribution is 5.82. The zero-order chi connectivity index (χ0) is 18.1. The quantitative estimate of drug-likeness (QED) is 0.301. The molecule has 0 aromatic heterocycles. The van der Waals surface area contributed by atoms with Gasteiger partial charge in [0.15, 0.2) is 0 Å². The number of carbonyl (C=O) groups excluding carboxylic acids is 1. The SMILES string of the molecule is CCC(CNC)CNC(C)C(C(=O)NC1=C(C)C=CNC1)C(N)N. The molecule has 8 N–H and O–H groups in total. The predicted molar refractivity (Wildman–Crippen MR) is 98.8 cm³/mol. The molecule has 0 aliphatic carbocycles. The molecule has 0 radical (unpaired) electrons. The molecule has 1 aliphatic heterocycles. The molecule has 0 fully saturated rings. The van der Waals surface area contributed by atoms with Crippen molar-refractivity contribution in [2.24, 2.45) is 23.3 Å². The van der Waals surface area contributed by atoms with Crippen molar-refractivity contribution in [2.75, 3.05) is 26.7 Å². The van der Waals surface area contributed by atoms with E-state index in [2.05, 4.69) is 28.2 Å². The Hall–Kier alpha value is -1.41. The lowest BCUT2D eigenvalue weighted by molar-refractivity contribution is -0.125. The number of nitrogens with two attached hydrogens (primary N) is 2. The Morgan fingerprint density at radius 2 is 2.08 bits per heavy atom. The van der Waals surface area contributed by atoms with Crippen LogP contribution >= 0.6 is 0 Å². The van der Waals surface area contributed by atoms with Gasteiger partial charge in [0.1, 0.15) is 0 Å². The van der Waals surface area contributed by atoms with E-state index in [1.165, 1.54) is 0 Å². The second-order valence-corrected chi connectivity index (χ2v) is 6.50. The van der Waals surface area contributed by atoms with Crippen LogP contribution in [0.2, 0.25) is 0 Å². The van der Waals surface area contributed by atoms with Crippen LogP contribution in [0.1, 0.15) is 27.2 Å². The summed E-state index contributed by atoms with van der Waals surface area (Å²) in [5.41, 5.74) is 13.7. The molecule has 0 saturated heterocycles. The van der Waals surface area contributed by atoms with Crippen molar-refractivity contribution in [3.05, 3.63) is 23.5 Å². The number of amides is 1. The van der Waals surface area contributed by atoms with Crippen LogP contribution in [0.15, 0.2) is 23.5 Å². The molecule has 0 saturated carbocycles. The molecular weight excluding hydrogens is 304 g/mol. The van der Waals surface area contributed by atoms with Gasteiger partial charge in [0.25, 0.3) is 0 Å². The van der Waals surface area contributed by atoms with E-state index in [-0.39, 0.29) is 11.9 Å². The van der Waals surface area contributed by atoms with E-state index in [1.807, 2.05) is 33.2 Å². The first-order chi connectivity index (χ1) is 11.4. The van der Waals surface area contributed by atoms with Crippen molar-refractivity contribution in [3.8, 4) is 0 Å². The second kappa shape index (κ2) is 10.5. The van der Waals surface area contributed by atoms with E-state index < -0.39 is 12.1 Å². The number of nitrogens with one attached hydrogen (secondary N) is 4. The number of allylic oxidation sites excluding steroid dienone is 2. The number of rotatable bonds is 10. The summed E-state index contributed by atoms with van der Waals surface area (Å²) in [6.45, 7) is 8.44. The Morgan fingerprint density at radius 1 is 1.38 bits per heavy atom. The third-order valence-electron chi connectivity index (χ3n) is 4.53. The van der Waals surface area contributed by atoms with Gasteiger partial charge in [0.05, 0.1) is 18.6 Å². The summed E-state index contributed by atoms with van der Waals surface area (Å²) >= 11 is 0. The molecule has 138 valence electrons. The van der Waals surface area contributed by atoms with Gasteiger partial charge in [-0.3, -0.25) is 4.79 Å². The zero-order valence-electron chi connectivity index (χ0n) is 15.4. The summed E-state index contributed by atoms with van der Waals surface area (Å²) < 4.78 is 0. The minimum Gasteiger partial charge on any atom is -0.385 e. The molecule has 7 nitrogen and oxygen atoms in total. The smallest absolute Gasteiger partial charge is 0.231 e. The summed E-state index contributed by atoms with van der Waals surface area (Å²) in [6, 6.07) is -0.107. The highest BCUT2D eigenvalue weighted by atomic mass is 16.2. The zero-order valence-corrected chi connectivity index (χ0v) is 15.4. The average molecular weight is 339 g/mol. The maximum absolute atomic E-state index is 12.7. The predicted octanol–water partition coefficient (Wildman–Crippen LogP) is -0.423. The first-order valence-corrected chi connectivity index (χ1v) is 8.70. The fourth-order valence-electron chi connectivity index (χ4n) is 2.82.